The summed E-state index contributed by atoms with van der Waals surface area (Å²) < 4.78 is 54.6. The molecule has 0 aliphatic heterocycles. The molecule has 0 amide bonds. The molecule has 0 heterocycles. The molecule has 1 N–H and O–H groups in total. The minimum atomic E-state index is -4.68. The van der Waals surface area contributed by atoms with Crippen LogP contribution in [0, 0.1) is 5.82 Å². The molecule has 0 aliphatic rings. The van der Waals surface area contributed by atoms with Crippen molar-refractivity contribution >= 4 is 5.69 Å². The first-order valence-electron chi connectivity index (χ1n) is 4.54. The van der Waals surface area contributed by atoms with Crippen molar-refractivity contribution in [3.8, 4) is 0 Å². The zero-order valence-corrected chi connectivity index (χ0v) is 8.57. The summed E-state index contributed by atoms with van der Waals surface area (Å²) in [5.74, 6) is -1.27. The van der Waals surface area contributed by atoms with Crippen molar-refractivity contribution in [3.05, 3.63) is 29.6 Å². The second-order valence-electron chi connectivity index (χ2n) is 3.11. The molecule has 2 nitrogen and oxygen atoms in total. The summed E-state index contributed by atoms with van der Waals surface area (Å²) in [6.45, 7) is 0.720. The lowest BCUT2D eigenvalue weighted by atomic mass is 10.2. The fourth-order valence-corrected chi connectivity index (χ4v) is 1.15. The summed E-state index contributed by atoms with van der Waals surface area (Å²) in [7, 11) is 1.48. The highest BCUT2D eigenvalue weighted by Gasteiger charge is 2.34. The maximum absolute atomic E-state index is 12.9. The first kappa shape index (κ1) is 12.8. The molecule has 0 spiro atoms. The van der Waals surface area contributed by atoms with Gasteiger partial charge in [-0.2, -0.15) is 13.2 Å². The second-order valence-corrected chi connectivity index (χ2v) is 3.11. The lowest BCUT2D eigenvalue weighted by molar-refractivity contribution is -0.139. The van der Waals surface area contributed by atoms with E-state index >= 15 is 0 Å². The summed E-state index contributed by atoms with van der Waals surface area (Å²) in [5, 5.41) is 2.69. The van der Waals surface area contributed by atoms with Gasteiger partial charge in [0.2, 0.25) is 0 Å². The Balaban J connectivity index is 2.82. The number of hydrogen-bond donors (Lipinski definition) is 1. The average molecular weight is 237 g/mol. The number of alkyl halides is 3. The molecule has 90 valence electrons. The van der Waals surface area contributed by atoms with E-state index in [4.69, 9.17) is 4.74 Å². The van der Waals surface area contributed by atoms with E-state index in [2.05, 4.69) is 5.32 Å². The lowest BCUT2D eigenvalue weighted by Gasteiger charge is -2.11. The first-order valence-corrected chi connectivity index (χ1v) is 4.54. The van der Waals surface area contributed by atoms with Crippen LogP contribution in [0.1, 0.15) is 5.56 Å². The SMILES string of the molecule is COCCNc1ccc(F)c(C(F)(F)F)c1. The predicted molar refractivity (Wildman–Crippen MR) is 51.8 cm³/mol. The van der Waals surface area contributed by atoms with Gasteiger partial charge in [-0.3, -0.25) is 0 Å². The number of benzene rings is 1. The Labute approximate surface area is 90.2 Å². The maximum Gasteiger partial charge on any atom is 0.419 e. The Hall–Kier alpha value is -1.30. The number of ether oxygens (including phenoxy) is 1. The summed E-state index contributed by atoms with van der Waals surface area (Å²) in [4.78, 5) is 0. The maximum atomic E-state index is 12.9. The Morgan fingerprint density at radius 2 is 2.00 bits per heavy atom. The van der Waals surface area contributed by atoms with Gasteiger partial charge in [-0.05, 0) is 18.2 Å². The monoisotopic (exact) mass is 237 g/mol. The third kappa shape index (κ3) is 3.37. The van der Waals surface area contributed by atoms with E-state index in [1.165, 1.54) is 13.2 Å². The van der Waals surface area contributed by atoms with Crippen LogP contribution in [0.2, 0.25) is 0 Å². The highest BCUT2D eigenvalue weighted by atomic mass is 19.4. The third-order valence-corrected chi connectivity index (χ3v) is 1.91. The van der Waals surface area contributed by atoms with Crippen LogP contribution in [-0.4, -0.2) is 20.3 Å². The lowest BCUT2D eigenvalue weighted by Crippen LogP contribution is -2.11. The number of nitrogens with one attached hydrogen (secondary N) is 1. The van der Waals surface area contributed by atoms with Gasteiger partial charge in [0.15, 0.2) is 0 Å². The normalized spacial score (nSPS) is 11.6. The molecular formula is C10H11F4NO. The molecule has 0 saturated heterocycles. The van der Waals surface area contributed by atoms with Crippen molar-refractivity contribution in [1.82, 2.24) is 0 Å². The first-order chi connectivity index (χ1) is 7.45. The Morgan fingerprint density at radius 3 is 2.56 bits per heavy atom. The van der Waals surface area contributed by atoms with Crippen LogP contribution in [0.4, 0.5) is 23.2 Å². The number of rotatable bonds is 4. The van der Waals surface area contributed by atoms with E-state index in [1.807, 2.05) is 0 Å². The smallest absolute Gasteiger partial charge is 0.383 e. The van der Waals surface area contributed by atoms with Crippen molar-refractivity contribution in [2.24, 2.45) is 0 Å². The van der Waals surface area contributed by atoms with Crippen molar-refractivity contribution < 1.29 is 22.3 Å². The van der Waals surface area contributed by atoms with E-state index in [0.29, 0.717) is 13.2 Å². The largest absolute Gasteiger partial charge is 0.419 e. The van der Waals surface area contributed by atoms with E-state index < -0.39 is 17.6 Å². The van der Waals surface area contributed by atoms with Crippen molar-refractivity contribution in [1.29, 1.82) is 0 Å². The van der Waals surface area contributed by atoms with Crippen LogP contribution in [-0.2, 0) is 10.9 Å². The van der Waals surface area contributed by atoms with Crippen LogP contribution >= 0.6 is 0 Å². The number of hydrogen-bond acceptors (Lipinski definition) is 2. The molecule has 0 aliphatic carbocycles. The molecule has 1 rings (SSSR count). The number of anilines is 1. The zero-order valence-electron chi connectivity index (χ0n) is 8.57. The van der Waals surface area contributed by atoms with Gasteiger partial charge in [0.1, 0.15) is 5.82 Å². The number of halogens is 4. The van der Waals surface area contributed by atoms with Gasteiger partial charge >= 0.3 is 6.18 Å². The topological polar surface area (TPSA) is 21.3 Å². The molecule has 0 radical (unpaired) electrons. The summed E-state index contributed by atoms with van der Waals surface area (Å²) >= 11 is 0. The van der Waals surface area contributed by atoms with Crippen molar-refractivity contribution in [3.63, 3.8) is 0 Å². The zero-order chi connectivity index (χ0) is 12.2. The molecule has 0 bridgehead atoms. The highest BCUT2D eigenvalue weighted by Crippen LogP contribution is 2.32. The predicted octanol–water partition coefficient (Wildman–Crippen LogP) is 2.90. The summed E-state index contributed by atoms with van der Waals surface area (Å²) in [5.41, 5.74) is -1.05. The van der Waals surface area contributed by atoms with Crippen LogP contribution in [0.15, 0.2) is 18.2 Å². The minimum Gasteiger partial charge on any atom is -0.383 e. The quantitative estimate of drug-likeness (QED) is 0.642. The average Bonchev–Trinajstić information content (AvgIpc) is 2.19. The molecule has 6 heteroatoms. The number of methoxy groups -OCH3 is 1. The van der Waals surface area contributed by atoms with Crippen molar-refractivity contribution in [2.75, 3.05) is 25.6 Å². The molecular weight excluding hydrogens is 226 g/mol. The van der Waals surface area contributed by atoms with Gasteiger partial charge in [-0.1, -0.05) is 0 Å². The van der Waals surface area contributed by atoms with Crippen LogP contribution < -0.4 is 5.32 Å². The van der Waals surface area contributed by atoms with Gasteiger partial charge in [0, 0.05) is 19.3 Å². The van der Waals surface area contributed by atoms with Gasteiger partial charge in [-0.15, -0.1) is 0 Å². The van der Waals surface area contributed by atoms with Gasteiger partial charge in [-0.25, -0.2) is 4.39 Å². The van der Waals surface area contributed by atoms with Gasteiger partial charge in [0.25, 0.3) is 0 Å². The van der Waals surface area contributed by atoms with E-state index in [9.17, 15) is 17.6 Å². The Kier molecular flexibility index (Phi) is 4.12. The fraction of sp³-hybridized carbons (Fsp3) is 0.400. The molecule has 0 aromatic heterocycles. The fourth-order valence-electron chi connectivity index (χ4n) is 1.15. The molecule has 16 heavy (non-hydrogen) atoms. The van der Waals surface area contributed by atoms with Crippen LogP contribution in [0.5, 0.6) is 0 Å². The Morgan fingerprint density at radius 1 is 1.31 bits per heavy atom. The van der Waals surface area contributed by atoms with Crippen molar-refractivity contribution in [2.45, 2.75) is 6.18 Å². The van der Waals surface area contributed by atoms with Crippen LogP contribution in [0.3, 0.4) is 0 Å². The molecule has 1 aromatic carbocycles. The summed E-state index contributed by atoms with van der Waals surface area (Å²) in [6.07, 6.45) is -4.68. The molecule has 1 aromatic rings. The van der Waals surface area contributed by atoms with Crippen LogP contribution in [0.25, 0.3) is 0 Å². The summed E-state index contributed by atoms with van der Waals surface area (Å²) in [6, 6.07) is 2.78. The van der Waals surface area contributed by atoms with E-state index in [0.717, 1.165) is 12.1 Å². The molecule has 0 unspecified atom stereocenters. The molecule has 0 saturated carbocycles. The van der Waals surface area contributed by atoms with Gasteiger partial charge < -0.3 is 10.1 Å². The highest BCUT2D eigenvalue weighted by molar-refractivity contribution is 5.47. The Bertz CT molecular complexity index is 351. The van der Waals surface area contributed by atoms with E-state index in [-0.39, 0.29) is 5.69 Å². The van der Waals surface area contributed by atoms with Gasteiger partial charge in [0.05, 0.1) is 12.2 Å². The molecule has 0 atom stereocenters. The van der Waals surface area contributed by atoms with E-state index in [1.54, 1.807) is 0 Å². The second kappa shape index (κ2) is 5.16. The standard InChI is InChI=1S/C10H11F4NO/c1-16-5-4-15-7-2-3-9(11)8(6-7)10(12,13)14/h2-3,6,15H,4-5H2,1H3. The third-order valence-electron chi connectivity index (χ3n) is 1.91. The molecule has 0 fully saturated rings. The minimum absolute atomic E-state index is 0.214.